The third-order valence-electron chi connectivity index (χ3n) is 2.75. The average molecular weight is 220 g/mol. The molecular formula is C11H12N2O3. The molecule has 5 nitrogen and oxygen atoms in total. The van der Waals surface area contributed by atoms with E-state index in [0.29, 0.717) is 25.5 Å². The number of carbonyl (C=O) groups excluding carboxylic acids is 1. The Balaban J connectivity index is 1.84. The van der Waals surface area contributed by atoms with Crippen molar-refractivity contribution in [3.8, 4) is 0 Å². The topological polar surface area (TPSA) is 51.7 Å². The molecule has 5 heteroatoms. The van der Waals surface area contributed by atoms with E-state index < -0.39 is 0 Å². The van der Waals surface area contributed by atoms with E-state index >= 15 is 0 Å². The van der Waals surface area contributed by atoms with Crippen LogP contribution in [0.5, 0.6) is 0 Å². The minimum absolute atomic E-state index is 0.123. The Kier molecular flexibility index (Phi) is 2.34. The van der Waals surface area contributed by atoms with Crippen LogP contribution >= 0.6 is 0 Å². The van der Waals surface area contributed by atoms with Gasteiger partial charge in [-0.1, -0.05) is 6.07 Å². The van der Waals surface area contributed by atoms with Crippen molar-refractivity contribution in [2.24, 2.45) is 0 Å². The maximum atomic E-state index is 11.3. The first-order chi connectivity index (χ1) is 7.84. The SMILES string of the molecule is O=C1CCN1c1cccc(C2OCCO2)n1. The van der Waals surface area contributed by atoms with Crippen molar-refractivity contribution in [3.63, 3.8) is 0 Å². The van der Waals surface area contributed by atoms with E-state index in [0.717, 1.165) is 12.2 Å². The summed E-state index contributed by atoms with van der Waals surface area (Å²) in [5.74, 6) is 0.811. The van der Waals surface area contributed by atoms with Gasteiger partial charge < -0.3 is 9.47 Å². The zero-order valence-corrected chi connectivity index (χ0v) is 8.76. The first kappa shape index (κ1) is 9.74. The standard InChI is InChI=1S/C11H12N2O3/c14-10-4-5-13(10)9-3-1-2-8(12-9)11-15-6-7-16-11/h1-3,11H,4-7H2. The Morgan fingerprint density at radius 2 is 2.12 bits per heavy atom. The number of ether oxygens (including phenoxy) is 2. The number of hydrogen-bond acceptors (Lipinski definition) is 4. The van der Waals surface area contributed by atoms with Gasteiger partial charge in [0.2, 0.25) is 12.2 Å². The van der Waals surface area contributed by atoms with Crippen molar-refractivity contribution in [2.45, 2.75) is 12.7 Å². The summed E-state index contributed by atoms with van der Waals surface area (Å²) in [5.41, 5.74) is 0.731. The van der Waals surface area contributed by atoms with E-state index in [1.165, 1.54) is 0 Å². The second-order valence-corrected chi connectivity index (χ2v) is 3.79. The van der Waals surface area contributed by atoms with Crippen molar-refractivity contribution >= 4 is 11.7 Å². The van der Waals surface area contributed by atoms with Crippen LogP contribution in [0.1, 0.15) is 18.4 Å². The predicted octanol–water partition coefficient (Wildman–Crippen LogP) is 0.864. The quantitative estimate of drug-likeness (QED) is 0.694. The summed E-state index contributed by atoms with van der Waals surface area (Å²) in [4.78, 5) is 17.3. The molecule has 0 aliphatic carbocycles. The van der Waals surface area contributed by atoms with Gasteiger partial charge in [-0.05, 0) is 12.1 Å². The molecule has 2 saturated heterocycles. The smallest absolute Gasteiger partial charge is 0.229 e. The molecule has 84 valence electrons. The number of hydrogen-bond donors (Lipinski definition) is 0. The number of β-lactam (4-membered cyclic amide) rings is 1. The Labute approximate surface area is 93.0 Å². The fraction of sp³-hybridized carbons (Fsp3) is 0.455. The summed E-state index contributed by atoms with van der Waals surface area (Å²) in [6, 6.07) is 5.55. The maximum Gasteiger partial charge on any atom is 0.229 e. The van der Waals surface area contributed by atoms with Crippen molar-refractivity contribution in [1.82, 2.24) is 4.98 Å². The van der Waals surface area contributed by atoms with Crippen LogP contribution in [0.2, 0.25) is 0 Å². The molecule has 0 atom stereocenters. The largest absolute Gasteiger partial charge is 0.345 e. The van der Waals surface area contributed by atoms with Crippen LogP contribution in [0, 0.1) is 0 Å². The second-order valence-electron chi connectivity index (χ2n) is 3.79. The van der Waals surface area contributed by atoms with Gasteiger partial charge in [-0.2, -0.15) is 0 Å². The normalized spacial score (nSPS) is 21.2. The van der Waals surface area contributed by atoms with Crippen LogP contribution in [0.3, 0.4) is 0 Å². The number of amides is 1. The third kappa shape index (κ3) is 1.58. The summed E-state index contributed by atoms with van der Waals surface area (Å²) in [6.07, 6.45) is 0.235. The van der Waals surface area contributed by atoms with E-state index in [1.54, 1.807) is 4.90 Å². The number of nitrogens with zero attached hydrogens (tertiary/aromatic N) is 2. The molecule has 1 aromatic rings. The molecule has 3 heterocycles. The van der Waals surface area contributed by atoms with Gasteiger partial charge in [-0.15, -0.1) is 0 Å². The summed E-state index contributed by atoms with van der Waals surface area (Å²) < 4.78 is 10.7. The second kappa shape index (κ2) is 3.84. The number of aromatic nitrogens is 1. The Morgan fingerprint density at radius 3 is 2.75 bits per heavy atom. The maximum absolute atomic E-state index is 11.3. The van der Waals surface area contributed by atoms with Crippen LogP contribution in [0.15, 0.2) is 18.2 Å². The highest BCUT2D eigenvalue weighted by Gasteiger charge is 2.27. The molecule has 2 aliphatic heterocycles. The van der Waals surface area contributed by atoms with Crippen molar-refractivity contribution in [1.29, 1.82) is 0 Å². The molecule has 0 aromatic carbocycles. The average Bonchev–Trinajstić information content (AvgIpc) is 2.81. The van der Waals surface area contributed by atoms with Crippen LogP contribution in [-0.2, 0) is 14.3 Å². The summed E-state index contributed by atoms with van der Waals surface area (Å²) in [7, 11) is 0. The van der Waals surface area contributed by atoms with Crippen LogP contribution < -0.4 is 4.90 Å². The Morgan fingerprint density at radius 1 is 1.31 bits per heavy atom. The van der Waals surface area contributed by atoms with Crippen molar-refractivity contribution in [3.05, 3.63) is 23.9 Å². The molecule has 0 unspecified atom stereocenters. The molecule has 1 aromatic heterocycles. The van der Waals surface area contributed by atoms with E-state index in [9.17, 15) is 4.79 Å². The minimum atomic E-state index is -0.378. The van der Waals surface area contributed by atoms with E-state index in [2.05, 4.69) is 4.98 Å². The number of pyridine rings is 1. The molecule has 0 saturated carbocycles. The number of carbonyl (C=O) groups is 1. The number of rotatable bonds is 2. The lowest BCUT2D eigenvalue weighted by Crippen LogP contribution is -2.44. The molecule has 0 spiro atoms. The summed E-state index contributed by atoms with van der Waals surface area (Å²) >= 11 is 0. The highest BCUT2D eigenvalue weighted by Crippen LogP contribution is 2.25. The monoisotopic (exact) mass is 220 g/mol. The van der Waals surface area contributed by atoms with Crippen LogP contribution in [0.25, 0.3) is 0 Å². The van der Waals surface area contributed by atoms with Gasteiger partial charge in [0.15, 0.2) is 0 Å². The Hall–Kier alpha value is -1.46. The highest BCUT2D eigenvalue weighted by atomic mass is 16.7. The molecule has 2 aliphatic rings. The van der Waals surface area contributed by atoms with E-state index in [1.807, 2.05) is 18.2 Å². The van der Waals surface area contributed by atoms with Gasteiger partial charge in [0.1, 0.15) is 5.82 Å². The van der Waals surface area contributed by atoms with Crippen molar-refractivity contribution < 1.29 is 14.3 Å². The lowest BCUT2D eigenvalue weighted by Gasteiger charge is -2.29. The lowest BCUT2D eigenvalue weighted by molar-refractivity contribution is -0.122. The molecule has 0 radical (unpaired) electrons. The number of anilines is 1. The molecule has 1 amide bonds. The third-order valence-corrected chi connectivity index (χ3v) is 2.75. The van der Waals surface area contributed by atoms with Gasteiger partial charge in [-0.3, -0.25) is 9.69 Å². The predicted molar refractivity (Wildman–Crippen MR) is 55.9 cm³/mol. The molecule has 0 N–H and O–H groups in total. The fourth-order valence-corrected chi connectivity index (χ4v) is 1.81. The zero-order valence-electron chi connectivity index (χ0n) is 8.76. The molecule has 16 heavy (non-hydrogen) atoms. The Bertz CT molecular complexity index is 415. The van der Waals surface area contributed by atoms with Gasteiger partial charge >= 0.3 is 0 Å². The summed E-state index contributed by atoms with van der Waals surface area (Å²) in [6.45, 7) is 1.94. The first-order valence-electron chi connectivity index (χ1n) is 5.35. The molecular weight excluding hydrogens is 208 g/mol. The van der Waals surface area contributed by atoms with E-state index in [-0.39, 0.29) is 12.2 Å². The molecule has 0 bridgehead atoms. The van der Waals surface area contributed by atoms with Crippen LogP contribution in [0.4, 0.5) is 5.82 Å². The van der Waals surface area contributed by atoms with Gasteiger partial charge in [0.25, 0.3) is 0 Å². The van der Waals surface area contributed by atoms with Crippen LogP contribution in [-0.4, -0.2) is 30.6 Å². The fourth-order valence-electron chi connectivity index (χ4n) is 1.81. The first-order valence-corrected chi connectivity index (χ1v) is 5.35. The molecule has 3 rings (SSSR count). The van der Waals surface area contributed by atoms with Gasteiger partial charge in [0.05, 0.1) is 18.9 Å². The van der Waals surface area contributed by atoms with Gasteiger partial charge in [-0.25, -0.2) is 4.98 Å². The highest BCUT2D eigenvalue weighted by molar-refractivity contribution is 5.98. The lowest BCUT2D eigenvalue weighted by atomic mass is 10.2. The van der Waals surface area contributed by atoms with E-state index in [4.69, 9.17) is 9.47 Å². The van der Waals surface area contributed by atoms with Crippen molar-refractivity contribution in [2.75, 3.05) is 24.7 Å². The minimum Gasteiger partial charge on any atom is -0.345 e. The summed E-state index contributed by atoms with van der Waals surface area (Å²) in [5, 5.41) is 0. The zero-order chi connectivity index (χ0) is 11.0. The van der Waals surface area contributed by atoms with Gasteiger partial charge in [0, 0.05) is 13.0 Å². The molecule has 2 fully saturated rings.